The van der Waals surface area contributed by atoms with Gasteiger partial charge < -0.3 is 19.1 Å². The number of aryl methyl sites for hydroxylation is 1. The van der Waals surface area contributed by atoms with Crippen LogP contribution in [0.4, 0.5) is 13.2 Å². The molecule has 1 aliphatic heterocycles. The van der Waals surface area contributed by atoms with Gasteiger partial charge in [0, 0.05) is 29.7 Å². The number of imidazole rings is 1. The van der Waals surface area contributed by atoms with E-state index in [1.165, 1.54) is 18.3 Å². The van der Waals surface area contributed by atoms with Crippen LogP contribution in [0.3, 0.4) is 0 Å². The third-order valence-corrected chi connectivity index (χ3v) is 7.13. The zero-order chi connectivity index (χ0) is 28.4. The number of fused-ring (bicyclic) bond motifs is 1. The molecule has 2 aromatic heterocycles. The van der Waals surface area contributed by atoms with Crippen molar-refractivity contribution in [2.75, 3.05) is 13.1 Å². The highest BCUT2D eigenvalue weighted by Gasteiger charge is 2.25. The van der Waals surface area contributed by atoms with E-state index in [1.807, 2.05) is 0 Å². The Hall–Kier alpha value is -3.90. The quantitative estimate of drug-likeness (QED) is 0.282. The van der Waals surface area contributed by atoms with Crippen LogP contribution in [0.1, 0.15) is 46.2 Å². The molecule has 0 spiro atoms. The molecule has 40 heavy (non-hydrogen) atoms. The monoisotopic (exact) mass is 575 g/mol. The summed E-state index contributed by atoms with van der Waals surface area (Å²) in [5.41, 5.74) is 1.56. The van der Waals surface area contributed by atoms with Crippen molar-refractivity contribution in [3.05, 3.63) is 76.2 Å². The van der Waals surface area contributed by atoms with E-state index in [1.54, 1.807) is 29.9 Å². The fraction of sp³-hybridized carbons (Fsp3) is 0.333. The Morgan fingerprint density at radius 1 is 1.18 bits per heavy atom. The summed E-state index contributed by atoms with van der Waals surface area (Å²) in [7, 11) is 1.71. The molecule has 9 nitrogen and oxygen atoms in total. The molecule has 4 aromatic rings. The molecule has 2 aromatic carbocycles. The highest BCUT2D eigenvalue weighted by Crippen LogP contribution is 2.31. The molecule has 5 rings (SSSR count). The lowest BCUT2D eigenvalue weighted by molar-refractivity contribution is -0.0489. The van der Waals surface area contributed by atoms with Crippen LogP contribution in [0.5, 0.6) is 11.6 Å². The van der Waals surface area contributed by atoms with Crippen molar-refractivity contribution >= 4 is 28.6 Å². The second kappa shape index (κ2) is 11.7. The first-order valence-corrected chi connectivity index (χ1v) is 12.8. The van der Waals surface area contributed by atoms with E-state index in [9.17, 15) is 23.1 Å². The maximum absolute atomic E-state index is 14.1. The number of nitrogens with zero attached hydrogens (tertiary/aromatic N) is 5. The van der Waals surface area contributed by atoms with Gasteiger partial charge in [-0.05, 0) is 50.2 Å². The zero-order valence-corrected chi connectivity index (χ0v) is 22.1. The van der Waals surface area contributed by atoms with Crippen molar-refractivity contribution in [1.29, 1.82) is 0 Å². The van der Waals surface area contributed by atoms with Crippen LogP contribution in [0, 0.1) is 5.82 Å². The van der Waals surface area contributed by atoms with Gasteiger partial charge in [-0.1, -0.05) is 17.7 Å². The minimum absolute atomic E-state index is 0.00434. The number of hydrogen-bond donors (Lipinski definition) is 1. The molecule has 0 aliphatic carbocycles. The topological polar surface area (TPSA) is 103 Å². The summed E-state index contributed by atoms with van der Waals surface area (Å²) in [5.74, 6) is -0.935. The van der Waals surface area contributed by atoms with E-state index in [-0.39, 0.29) is 29.4 Å². The summed E-state index contributed by atoms with van der Waals surface area (Å²) in [6.07, 6.45) is 4.76. The van der Waals surface area contributed by atoms with Gasteiger partial charge >= 0.3 is 12.6 Å². The number of aromatic carboxylic acids is 1. The summed E-state index contributed by atoms with van der Waals surface area (Å²) in [6.45, 7) is -1.23. The molecular formula is C27H25ClF3N5O4. The van der Waals surface area contributed by atoms with Gasteiger partial charge in [-0.15, -0.1) is 0 Å². The summed E-state index contributed by atoms with van der Waals surface area (Å²) >= 11 is 5.80. The number of ether oxygens (including phenoxy) is 2. The normalized spacial score (nSPS) is 14.7. The van der Waals surface area contributed by atoms with Crippen molar-refractivity contribution in [3.8, 4) is 11.6 Å². The number of alkyl halides is 2. The van der Waals surface area contributed by atoms with Crippen molar-refractivity contribution in [1.82, 2.24) is 24.4 Å². The molecular weight excluding hydrogens is 551 g/mol. The lowest BCUT2D eigenvalue weighted by Gasteiger charge is -2.31. The molecule has 0 saturated carbocycles. The zero-order valence-electron chi connectivity index (χ0n) is 21.4. The first-order valence-electron chi connectivity index (χ1n) is 12.5. The fourth-order valence-corrected chi connectivity index (χ4v) is 4.92. The van der Waals surface area contributed by atoms with Gasteiger partial charge in [-0.3, -0.25) is 9.88 Å². The minimum Gasteiger partial charge on any atom is -0.478 e. The maximum Gasteiger partial charge on any atom is 0.387 e. The van der Waals surface area contributed by atoms with E-state index in [0.717, 1.165) is 37.7 Å². The van der Waals surface area contributed by atoms with Gasteiger partial charge in [0.2, 0.25) is 5.88 Å². The Bertz CT molecular complexity index is 1540. The Morgan fingerprint density at radius 3 is 2.65 bits per heavy atom. The second-order valence-electron chi connectivity index (χ2n) is 9.47. The lowest BCUT2D eigenvalue weighted by Crippen LogP contribution is -2.33. The summed E-state index contributed by atoms with van der Waals surface area (Å²) in [5, 5.41) is 9.69. The first-order chi connectivity index (χ1) is 19.2. The number of benzene rings is 2. The van der Waals surface area contributed by atoms with E-state index >= 15 is 0 Å². The molecule has 1 aliphatic rings. The molecule has 0 atom stereocenters. The van der Waals surface area contributed by atoms with Crippen LogP contribution in [-0.2, 0) is 20.2 Å². The molecule has 13 heteroatoms. The number of likely N-dealkylation sites (tertiary alicyclic amines) is 1. The van der Waals surface area contributed by atoms with Gasteiger partial charge in [0.1, 0.15) is 23.8 Å². The third kappa shape index (κ3) is 6.13. The van der Waals surface area contributed by atoms with Crippen LogP contribution in [0.15, 0.2) is 42.7 Å². The van der Waals surface area contributed by atoms with Gasteiger partial charge in [-0.2, -0.15) is 8.78 Å². The number of carboxylic acids is 1. The predicted octanol–water partition coefficient (Wildman–Crippen LogP) is 5.41. The van der Waals surface area contributed by atoms with Crippen LogP contribution < -0.4 is 9.47 Å². The van der Waals surface area contributed by atoms with Gasteiger partial charge in [0.05, 0.1) is 29.5 Å². The summed E-state index contributed by atoms with van der Waals surface area (Å²) < 4.78 is 51.9. The predicted molar refractivity (Wildman–Crippen MR) is 139 cm³/mol. The summed E-state index contributed by atoms with van der Waals surface area (Å²) in [4.78, 5) is 27.0. The Balaban J connectivity index is 1.24. The molecule has 0 radical (unpaired) electrons. The van der Waals surface area contributed by atoms with E-state index in [2.05, 4.69) is 24.6 Å². The van der Waals surface area contributed by atoms with Crippen molar-refractivity contribution in [2.45, 2.75) is 38.5 Å². The van der Waals surface area contributed by atoms with Gasteiger partial charge in [0.25, 0.3) is 0 Å². The average Bonchev–Trinajstić information content (AvgIpc) is 3.23. The number of aromatic nitrogens is 4. The standard InChI is InChI=1S/C27H25ClF3N5O4/c1-35-21-8-17(26(37)38)9-22(40-27(30)31)25(21)34-23(35)13-36-6-4-15(5-7-36)20-11-32-12-24(33-20)39-14-16-2-3-18(28)10-19(16)29/h2-3,8-12,15,27H,4-7,13-14H2,1H3,(H,37,38). The Kier molecular flexibility index (Phi) is 8.08. The Morgan fingerprint density at radius 2 is 1.95 bits per heavy atom. The molecule has 1 saturated heterocycles. The van der Waals surface area contributed by atoms with Crippen LogP contribution in [-0.4, -0.2) is 55.2 Å². The van der Waals surface area contributed by atoms with Crippen molar-refractivity contribution in [2.24, 2.45) is 7.05 Å². The lowest BCUT2D eigenvalue weighted by atomic mass is 9.94. The minimum atomic E-state index is -3.11. The highest BCUT2D eigenvalue weighted by atomic mass is 35.5. The van der Waals surface area contributed by atoms with Gasteiger partial charge in [0.15, 0.2) is 5.75 Å². The number of rotatable bonds is 9. The second-order valence-corrected chi connectivity index (χ2v) is 9.91. The molecule has 3 heterocycles. The molecule has 1 N–H and O–H groups in total. The highest BCUT2D eigenvalue weighted by molar-refractivity contribution is 6.30. The third-order valence-electron chi connectivity index (χ3n) is 6.90. The number of carbonyl (C=O) groups is 1. The van der Waals surface area contributed by atoms with E-state index in [0.29, 0.717) is 34.4 Å². The van der Waals surface area contributed by atoms with E-state index in [4.69, 9.17) is 16.3 Å². The van der Waals surface area contributed by atoms with Crippen LogP contribution in [0.2, 0.25) is 5.02 Å². The van der Waals surface area contributed by atoms with Crippen LogP contribution >= 0.6 is 11.6 Å². The van der Waals surface area contributed by atoms with Crippen molar-refractivity contribution in [3.63, 3.8) is 0 Å². The fourth-order valence-electron chi connectivity index (χ4n) is 4.76. The Labute approximate surface area is 232 Å². The SMILES string of the molecule is Cn1c(CN2CCC(c3cncc(OCc4ccc(Cl)cc4F)n3)CC2)nc2c(OC(F)F)cc(C(=O)O)cc21. The number of carboxylic acid groups (broad SMARTS) is 1. The maximum atomic E-state index is 14.1. The van der Waals surface area contributed by atoms with Crippen LogP contribution in [0.25, 0.3) is 11.0 Å². The average molecular weight is 576 g/mol. The first kappa shape index (κ1) is 27.7. The molecule has 0 amide bonds. The molecule has 0 bridgehead atoms. The smallest absolute Gasteiger partial charge is 0.387 e. The largest absolute Gasteiger partial charge is 0.478 e. The summed E-state index contributed by atoms with van der Waals surface area (Å²) in [6, 6.07) is 6.84. The number of hydrogen-bond acceptors (Lipinski definition) is 7. The van der Waals surface area contributed by atoms with E-state index < -0.39 is 18.4 Å². The number of piperidine rings is 1. The molecule has 210 valence electrons. The molecule has 1 fully saturated rings. The number of halogens is 4. The van der Waals surface area contributed by atoms with Gasteiger partial charge in [-0.25, -0.2) is 19.2 Å². The van der Waals surface area contributed by atoms with Crippen molar-refractivity contribution < 1.29 is 32.5 Å². The molecule has 0 unspecified atom stereocenters.